The number of β-amino-alcohol motifs (C(OH)–C–C–N with tert-alkyl or cyclic N) is 1. The van der Waals surface area contributed by atoms with Crippen LogP contribution < -0.4 is 5.32 Å². The first-order valence-electron chi connectivity index (χ1n) is 2.59. The van der Waals surface area contributed by atoms with Crippen molar-refractivity contribution in [2.75, 3.05) is 13.1 Å². The van der Waals surface area contributed by atoms with Gasteiger partial charge in [0.05, 0.1) is 0 Å². The Morgan fingerprint density at radius 3 is 2.25 bits per heavy atom. The summed E-state index contributed by atoms with van der Waals surface area (Å²) in [5, 5.41) is 11.9. The molecule has 0 aromatic rings. The molecule has 0 aromatic carbocycles. The van der Waals surface area contributed by atoms with Gasteiger partial charge in [-0.25, -0.2) is 0 Å². The number of aliphatic hydroxyl groups is 1. The van der Waals surface area contributed by atoms with Crippen LogP contribution in [-0.2, 0) is 4.79 Å². The smallest absolute Gasteiger partial charge is 0.163 e. The molecule has 1 aliphatic heterocycles. The van der Waals surface area contributed by atoms with Crippen LogP contribution in [0, 0.1) is 0 Å². The molecule has 0 unspecified atom stereocenters. The van der Waals surface area contributed by atoms with Crippen LogP contribution in [0.5, 0.6) is 0 Å². The normalized spacial score (nSPS) is 24.2. The molecule has 0 amide bonds. The summed E-state index contributed by atoms with van der Waals surface area (Å²) in [6.07, 6.45) is 0. The fourth-order valence-electron chi connectivity index (χ4n) is 0.611. The number of hydrogen-bond acceptors (Lipinski definition) is 3. The van der Waals surface area contributed by atoms with E-state index in [0.29, 0.717) is 13.1 Å². The van der Waals surface area contributed by atoms with Crippen molar-refractivity contribution in [3.63, 3.8) is 0 Å². The monoisotopic (exact) mass is 115 g/mol. The lowest BCUT2D eigenvalue weighted by Gasteiger charge is -2.34. The van der Waals surface area contributed by atoms with Crippen molar-refractivity contribution in [1.29, 1.82) is 0 Å². The van der Waals surface area contributed by atoms with Gasteiger partial charge in [0, 0.05) is 13.1 Å². The fraction of sp³-hybridized carbons (Fsp3) is 0.800. The lowest BCUT2D eigenvalue weighted by molar-refractivity contribution is -0.139. The number of hydrogen-bond donors (Lipinski definition) is 2. The molecule has 0 aromatic heterocycles. The quantitative estimate of drug-likeness (QED) is 0.456. The Kier molecular flexibility index (Phi) is 1.10. The summed E-state index contributed by atoms with van der Waals surface area (Å²) in [4.78, 5) is 10.5. The first-order valence-corrected chi connectivity index (χ1v) is 2.59. The summed E-state index contributed by atoms with van der Waals surface area (Å²) < 4.78 is 0. The van der Waals surface area contributed by atoms with Crippen LogP contribution in [0.3, 0.4) is 0 Å². The van der Waals surface area contributed by atoms with Gasteiger partial charge in [-0.3, -0.25) is 4.79 Å². The van der Waals surface area contributed by atoms with Gasteiger partial charge in [0.25, 0.3) is 0 Å². The zero-order valence-electron chi connectivity index (χ0n) is 4.77. The summed E-state index contributed by atoms with van der Waals surface area (Å²) in [5.41, 5.74) is -1.03. The summed E-state index contributed by atoms with van der Waals surface area (Å²) in [6.45, 7) is 2.24. The van der Waals surface area contributed by atoms with Gasteiger partial charge < -0.3 is 10.4 Å². The van der Waals surface area contributed by atoms with E-state index in [1.54, 1.807) is 0 Å². The largest absolute Gasteiger partial charge is 0.379 e. The maximum Gasteiger partial charge on any atom is 0.163 e. The maximum absolute atomic E-state index is 10.5. The third-order valence-corrected chi connectivity index (χ3v) is 1.49. The molecule has 1 rings (SSSR count). The van der Waals surface area contributed by atoms with Crippen molar-refractivity contribution in [2.45, 2.75) is 12.5 Å². The Bertz CT molecular complexity index is 118. The van der Waals surface area contributed by atoms with Crippen molar-refractivity contribution in [3.8, 4) is 0 Å². The van der Waals surface area contributed by atoms with Gasteiger partial charge in [0.1, 0.15) is 5.60 Å². The van der Waals surface area contributed by atoms with E-state index in [0.717, 1.165) is 0 Å². The number of nitrogens with one attached hydrogen (secondary N) is 1. The van der Waals surface area contributed by atoms with Gasteiger partial charge >= 0.3 is 0 Å². The van der Waals surface area contributed by atoms with Crippen molar-refractivity contribution < 1.29 is 9.90 Å². The van der Waals surface area contributed by atoms with Crippen molar-refractivity contribution in [3.05, 3.63) is 0 Å². The van der Waals surface area contributed by atoms with E-state index in [4.69, 9.17) is 5.11 Å². The van der Waals surface area contributed by atoms with Gasteiger partial charge in [-0.15, -0.1) is 0 Å². The SMILES string of the molecule is CC(=O)C1(O)CNC1. The average Bonchev–Trinajstić information content (AvgIpc) is 1.60. The Hall–Kier alpha value is -0.410. The maximum atomic E-state index is 10.5. The van der Waals surface area contributed by atoms with Gasteiger partial charge in [-0.05, 0) is 6.92 Å². The molecular formula is C5H9NO2. The average molecular weight is 115 g/mol. The molecule has 1 saturated heterocycles. The van der Waals surface area contributed by atoms with E-state index in [1.807, 2.05) is 0 Å². The highest BCUT2D eigenvalue weighted by molar-refractivity contribution is 5.86. The molecule has 1 fully saturated rings. The molecule has 0 aliphatic carbocycles. The van der Waals surface area contributed by atoms with Crippen LogP contribution in [-0.4, -0.2) is 29.6 Å². The summed E-state index contributed by atoms with van der Waals surface area (Å²) in [7, 11) is 0. The van der Waals surface area contributed by atoms with E-state index in [1.165, 1.54) is 6.92 Å². The molecule has 46 valence electrons. The molecule has 2 N–H and O–H groups in total. The Morgan fingerprint density at radius 2 is 2.25 bits per heavy atom. The molecule has 1 aliphatic rings. The third kappa shape index (κ3) is 0.638. The predicted molar refractivity (Wildman–Crippen MR) is 28.5 cm³/mol. The minimum Gasteiger partial charge on any atom is -0.379 e. The standard InChI is InChI=1S/C5H9NO2/c1-4(7)5(8)2-6-3-5/h6,8H,2-3H2,1H3. The number of ketones is 1. The first-order chi connectivity index (χ1) is 3.65. The molecule has 3 nitrogen and oxygen atoms in total. The van der Waals surface area contributed by atoms with Gasteiger partial charge in [-0.2, -0.15) is 0 Å². The zero-order valence-corrected chi connectivity index (χ0v) is 4.77. The van der Waals surface area contributed by atoms with E-state index in [9.17, 15) is 4.79 Å². The molecular weight excluding hydrogens is 106 g/mol. The van der Waals surface area contributed by atoms with E-state index < -0.39 is 5.60 Å². The van der Waals surface area contributed by atoms with E-state index >= 15 is 0 Å². The fourth-order valence-corrected chi connectivity index (χ4v) is 0.611. The lowest BCUT2D eigenvalue weighted by Crippen LogP contribution is -2.63. The minimum atomic E-state index is -1.03. The third-order valence-electron chi connectivity index (χ3n) is 1.49. The highest BCUT2D eigenvalue weighted by atomic mass is 16.3. The molecule has 0 spiro atoms. The van der Waals surface area contributed by atoms with Crippen LogP contribution in [0.15, 0.2) is 0 Å². The van der Waals surface area contributed by atoms with Crippen LogP contribution in [0.2, 0.25) is 0 Å². The van der Waals surface area contributed by atoms with Gasteiger partial charge in [0.15, 0.2) is 5.78 Å². The topological polar surface area (TPSA) is 49.3 Å². The second-order valence-corrected chi connectivity index (χ2v) is 2.19. The highest BCUT2D eigenvalue weighted by Crippen LogP contribution is 2.10. The number of carbonyl (C=O) groups excluding carboxylic acids is 1. The van der Waals surface area contributed by atoms with Gasteiger partial charge in [-0.1, -0.05) is 0 Å². The first kappa shape index (κ1) is 5.72. The van der Waals surface area contributed by atoms with Crippen molar-refractivity contribution in [2.24, 2.45) is 0 Å². The molecule has 0 radical (unpaired) electrons. The summed E-state index contributed by atoms with van der Waals surface area (Å²) >= 11 is 0. The Balaban J connectivity index is 2.53. The van der Waals surface area contributed by atoms with E-state index in [-0.39, 0.29) is 5.78 Å². The lowest BCUT2D eigenvalue weighted by atomic mass is 9.93. The number of rotatable bonds is 1. The predicted octanol–water partition coefficient (Wildman–Crippen LogP) is -1.09. The zero-order chi connectivity index (χ0) is 6.20. The van der Waals surface area contributed by atoms with Crippen LogP contribution in [0.4, 0.5) is 0 Å². The van der Waals surface area contributed by atoms with E-state index in [2.05, 4.69) is 5.32 Å². The summed E-state index contributed by atoms with van der Waals surface area (Å²) in [5.74, 6) is -0.142. The highest BCUT2D eigenvalue weighted by Gasteiger charge is 2.38. The number of Topliss-reactive ketones (excluding diaryl/α,β-unsaturated/α-hetero) is 1. The molecule has 0 saturated carbocycles. The summed E-state index contributed by atoms with van der Waals surface area (Å²) in [6, 6.07) is 0. The second-order valence-electron chi connectivity index (χ2n) is 2.19. The van der Waals surface area contributed by atoms with Crippen LogP contribution in [0.25, 0.3) is 0 Å². The molecule has 0 atom stereocenters. The van der Waals surface area contributed by atoms with Crippen molar-refractivity contribution >= 4 is 5.78 Å². The molecule has 3 heteroatoms. The van der Waals surface area contributed by atoms with Crippen molar-refractivity contribution in [1.82, 2.24) is 5.32 Å². The minimum absolute atomic E-state index is 0.142. The Morgan fingerprint density at radius 1 is 1.75 bits per heavy atom. The molecule has 1 heterocycles. The van der Waals surface area contributed by atoms with Gasteiger partial charge in [0.2, 0.25) is 0 Å². The molecule has 0 bridgehead atoms. The van der Waals surface area contributed by atoms with Crippen LogP contribution >= 0.6 is 0 Å². The second kappa shape index (κ2) is 1.53. The van der Waals surface area contributed by atoms with Crippen LogP contribution in [0.1, 0.15) is 6.92 Å². The molecule has 8 heavy (non-hydrogen) atoms. The number of carbonyl (C=O) groups is 1. The Labute approximate surface area is 47.7 Å².